The zero-order valence-corrected chi connectivity index (χ0v) is 14.1. The van der Waals surface area contributed by atoms with Crippen molar-refractivity contribution in [3.63, 3.8) is 0 Å². The molecule has 6 nitrogen and oxygen atoms in total. The van der Waals surface area contributed by atoms with Crippen molar-refractivity contribution in [2.24, 2.45) is 0 Å². The molecule has 2 aromatic heterocycles. The third-order valence-corrected chi connectivity index (χ3v) is 4.63. The molecule has 3 rings (SSSR count). The first-order valence-electron chi connectivity index (χ1n) is 8.02. The molecule has 3 heterocycles. The second kappa shape index (κ2) is 6.29. The minimum atomic E-state index is -0.0908. The third kappa shape index (κ3) is 2.96. The van der Waals surface area contributed by atoms with Crippen LogP contribution in [0.1, 0.15) is 29.8 Å². The average molecular weight is 316 g/mol. The van der Waals surface area contributed by atoms with Crippen LogP contribution in [0.5, 0.6) is 0 Å². The number of hydrogen-bond donors (Lipinski definition) is 1. The summed E-state index contributed by atoms with van der Waals surface area (Å²) in [7, 11) is 1.70. The molecule has 0 aliphatic carbocycles. The molecule has 1 saturated heterocycles. The Labute approximate surface area is 136 Å². The molecule has 1 fully saturated rings. The smallest absolute Gasteiger partial charge is 0.255 e. The first kappa shape index (κ1) is 16.0. The Kier molecular flexibility index (Phi) is 4.37. The molecular formula is C17H24N4O2. The highest BCUT2D eigenvalue weighted by Crippen LogP contribution is 2.19. The summed E-state index contributed by atoms with van der Waals surface area (Å²) in [6, 6.07) is 4.35. The van der Waals surface area contributed by atoms with Crippen molar-refractivity contribution in [1.82, 2.24) is 19.8 Å². The number of aromatic nitrogens is 2. The SMILES string of the molecule is CO[C@H]1CN(C(C)C)C[C@@H]1NC(=O)c1cnn2cccc(C)c12. The topological polar surface area (TPSA) is 58.9 Å². The van der Waals surface area contributed by atoms with Crippen molar-refractivity contribution in [1.29, 1.82) is 0 Å². The van der Waals surface area contributed by atoms with Gasteiger partial charge in [-0.3, -0.25) is 9.69 Å². The molecule has 2 aromatic rings. The van der Waals surface area contributed by atoms with Gasteiger partial charge in [-0.15, -0.1) is 0 Å². The lowest BCUT2D eigenvalue weighted by Crippen LogP contribution is -2.43. The highest BCUT2D eigenvalue weighted by Gasteiger charge is 2.35. The molecule has 1 aliphatic rings. The van der Waals surface area contributed by atoms with Crippen molar-refractivity contribution in [2.45, 2.75) is 39.0 Å². The Hall–Kier alpha value is -1.92. The molecule has 0 spiro atoms. The number of rotatable bonds is 4. The van der Waals surface area contributed by atoms with Gasteiger partial charge in [0, 0.05) is 32.4 Å². The van der Waals surface area contributed by atoms with Crippen LogP contribution in [0.25, 0.3) is 5.52 Å². The maximum absolute atomic E-state index is 12.7. The first-order valence-corrected chi connectivity index (χ1v) is 8.02. The van der Waals surface area contributed by atoms with Gasteiger partial charge in [0.05, 0.1) is 29.4 Å². The number of nitrogens with one attached hydrogen (secondary N) is 1. The van der Waals surface area contributed by atoms with Crippen molar-refractivity contribution in [2.75, 3.05) is 20.2 Å². The fraction of sp³-hybridized carbons (Fsp3) is 0.529. The Morgan fingerprint density at radius 1 is 1.43 bits per heavy atom. The van der Waals surface area contributed by atoms with Crippen LogP contribution >= 0.6 is 0 Å². The van der Waals surface area contributed by atoms with Gasteiger partial charge in [-0.1, -0.05) is 6.07 Å². The van der Waals surface area contributed by atoms with E-state index in [0.717, 1.165) is 24.2 Å². The number of fused-ring (bicyclic) bond motifs is 1. The second-order valence-corrected chi connectivity index (χ2v) is 6.44. The molecule has 0 bridgehead atoms. The van der Waals surface area contributed by atoms with E-state index in [4.69, 9.17) is 4.74 Å². The number of carbonyl (C=O) groups is 1. The number of aryl methyl sites for hydroxylation is 1. The van der Waals surface area contributed by atoms with Gasteiger partial charge in [0.2, 0.25) is 0 Å². The molecule has 6 heteroatoms. The van der Waals surface area contributed by atoms with Crippen LogP contribution in [0.4, 0.5) is 0 Å². The average Bonchev–Trinajstić information content (AvgIpc) is 3.11. The predicted octanol–water partition coefficient (Wildman–Crippen LogP) is 1.48. The predicted molar refractivity (Wildman–Crippen MR) is 88.7 cm³/mol. The molecule has 23 heavy (non-hydrogen) atoms. The van der Waals surface area contributed by atoms with Gasteiger partial charge < -0.3 is 10.1 Å². The fourth-order valence-corrected chi connectivity index (χ4v) is 3.23. The van der Waals surface area contributed by atoms with E-state index in [1.54, 1.807) is 17.8 Å². The number of amides is 1. The van der Waals surface area contributed by atoms with Crippen LogP contribution in [0.2, 0.25) is 0 Å². The lowest BCUT2D eigenvalue weighted by atomic mass is 10.1. The number of carbonyl (C=O) groups excluding carboxylic acids is 1. The summed E-state index contributed by atoms with van der Waals surface area (Å²) in [5.41, 5.74) is 2.51. The van der Waals surface area contributed by atoms with Crippen LogP contribution in [0.3, 0.4) is 0 Å². The van der Waals surface area contributed by atoms with Gasteiger partial charge in [-0.25, -0.2) is 4.52 Å². The standard InChI is InChI=1S/C17H24N4O2/c1-11(2)20-9-14(15(10-20)23-4)19-17(22)13-8-18-21-7-5-6-12(3)16(13)21/h5-8,11,14-15H,9-10H2,1-4H3,(H,19,22)/t14-,15-/m0/s1. The molecule has 0 aromatic carbocycles. The summed E-state index contributed by atoms with van der Waals surface area (Å²) in [5, 5.41) is 7.40. The summed E-state index contributed by atoms with van der Waals surface area (Å²) in [6.07, 6.45) is 3.51. The fourth-order valence-electron chi connectivity index (χ4n) is 3.23. The van der Waals surface area contributed by atoms with Crippen molar-refractivity contribution >= 4 is 11.4 Å². The molecule has 0 radical (unpaired) electrons. The van der Waals surface area contributed by atoms with Crippen molar-refractivity contribution in [3.05, 3.63) is 35.7 Å². The van der Waals surface area contributed by atoms with Crippen molar-refractivity contribution < 1.29 is 9.53 Å². The number of hydrogen-bond acceptors (Lipinski definition) is 4. The van der Waals surface area contributed by atoms with Crippen LogP contribution < -0.4 is 5.32 Å². The number of nitrogens with zero attached hydrogens (tertiary/aromatic N) is 3. The minimum Gasteiger partial charge on any atom is -0.378 e. The van der Waals surface area contributed by atoms with E-state index >= 15 is 0 Å². The van der Waals surface area contributed by atoms with E-state index in [1.165, 1.54) is 0 Å². The maximum atomic E-state index is 12.7. The largest absolute Gasteiger partial charge is 0.378 e. The molecule has 1 aliphatic heterocycles. The lowest BCUT2D eigenvalue weighted by molar-refractivity contribution is 0.0754. The van der Waals surface area contributed by atoms with Gasteiger partial charge in [-0.2, -0.15) is 5.10 Å². The molecule has 1 N–H and O–H groups in total. The van der Waals surface area contributed by atoms with Gasteiger partial charge in [-0.05, 0) is 32.4 Å². The first-order chi connectivity index (χ1) is 11.0. The number of pyridine rings is 1. The number of likely N-dealkylation sites (tertiary alicyclic amines) is 1. The van der Waals surface area contributed by atoms with E-state index < -0.39 is 0 Å². The van der Waals surface area contributed by atoms with Gasteiger partial charge >= 0.3 is 0 Å². The van der Waals surface area contributed by atoms with Crippen molar-refractivity contribution in [3.8, 4) is 0 Å². The van der Waals surface area contributed by atoms with E-state index in [2.05, 4.69) is 29.2 Å². The van der Waals surface area contributed by atoms with Crippen LogP contribution in [0, 0.1) is 6.92 Å². The van der Waals surface area contributed by atoms with Crippen LogP contribution in [-0.2, 0) is 4.74 Å². The molecule has 2 atom stereocenters. The molecule has 1 amide bonds. The quantitative estimate of drug-likeness (QED) is 0.928. The Morgan fingerprint density at radius 2 is 2.22 bits per heavy atom. The number of methoxy groups -OCH3 is 1. The minimum absolute atomic E-state index is 0.00568. The van der Waals surface area contributed by atoms with Gasteiger partial charge in [0.1, 0.15) is 0 Å². The normalized spacial score (nSPS) is 22.1. The summed E-state index contributed by atoms with van der Waals surface area (Å²) in [5.74, 6) is -0.0908. The summed E-state index contributed by atoms with van der Waals surface area (Å²) in [4.78, 5) is 15.0. The monoisotopic (exact) mass is 316 g/mol. The molecule has 0 unspecified atom stereocenters. The van der Waals surface area contributed by atoms with Crippen LogP contribution in [0.15, 0.2) is 24.5 Å². The van der Waals surface area contributed by atoms with Gasteiger partial charge in [0.15, 0.2) is 0 Å². The zero-order valence-electron chi connectivity index (χ0n) is 14.1. The highest BCUT2D eigenvalue weighted by atomic mass is 16.5. The Bertz CT molecular complexity index is 710. The second-order valence-electron chi connectivity index (χ2n) is 6.44. The van der Waals surface area contributed by atoms with E-state index in [0.29, 0.717) is 11.6 Å². The number of ether oxygens (including phenoxy) is 1. The Balaban J connectivity index is 1.81. The summed E-state index contributed by atoms with van der Waals surface area (Å²) < 4.78 is 7.30. The molecular weight excluding hydrogens is 292 g/mol. The zero-order chi connectivity index (χ0) is 16.6. The third-order valence-electron chi connectivity index (χ3n) is 4.63. The molecule has 0 saturated carbocycles. The summed E-state index contributed by atoms with van der Waals surface area (Å²) in [6.45, 7) is 7.95. The van der Waals surface area contributed by atoms with E-state index in [9.17, 15) is 4.79 Å². The summed E-state index contributed by atoms with van der Waals surface area (Å²) >= 11 is 0. The lowest BCUT2D eigenvalue weighted by Gasteiger charge is -2.19. The van der Waals surface area contributed by atoms with Crippen LogP contribution in [-0.4, -0.2) is 58.8 Å². The Morgan fingerprint density at radius 3 is 2.91 bits per heavy atom. The van der Waals surface area contributed by atoms with E-state index in [1.807, 2.05) is 25.3 Å². The maximum Gasteiger partial charge on any atom is 0.255 e. The highest BCUT2D eigenvalue weighted by molar-refractivity contribution is 6.01. The molecule has 124 valence electrons. The van der Waals surface area contributed by atoms with Gasteiger partial charge in [0.25, 0.3) is 5.91 Å². The van der Waals surface area contributed by atoms with E-state index in [-0.39, 0.29) is 18.1 Å².